The second kappa shape index (κ2) is 7.17. The normalized spacial score (nSPS) is 20.3. The third kappa shape index (κ3) is 3.23. The van der Waals surface area contributed by atoms with E-state index in [0.717, 1.165) is 23.0 Å². The van der Waals surface area contributed by atoms with Gasteiger partial charge in [-0.2, -0.15) is 0 Å². The SMILES string of the molecule is Cc1ccc(S(=O)(=O)N2c3nc4ccccc4n3CC2CC2CCCCC2)cc1. The van der Waals surface area contributed by atoms with Gasteiger partial charge >= 0.3 is 0 Å². The Morgan fingerprint density at radius 1 is 1.00 bits per heavy atom. The Balaban J connectivity index is 1.58. The van der Waals surface area contributed by atoms with Crippen molar-refractivity contribution in [2.45, 2.75) is 62.9 Å². The molecule has 0 N–H and O–H groups in total. The molecule has 1 saturated carbocycles. The van der Waals surface area contributed by atoms with E-state index in [1.807, 2.05) is 43.3 Å². The number of para-hydroxylation sites is 2. The van der Waals surface area contributed by atoms with E-state index in [0.29, 0.717) is 23.3 Å². The summed E-state index contributed by atoms with van der Waals surface area (Å²) in [6.45, 7) is 2.65. The predicted octanol–water partition coefficient (Wildman–Crippen LogP) is 4.89. The molecule has 0 bridgehead atoms. The number of fused-ring (bicyclic) bond motifs is 3. The number of imidazole rings is 1. The molecular weight excluding hydrogens is 382 g/mol. The van der Waals surface area contributed by atoms with Crippen molar-refractivity contribution in [3.63, 3.8) is 0 Å². The number of benzene rings is 2. The van der Waals surface area contributed by atoms with Crippen LogP contribution < -0.4 is 4.31 Å². The van der Waals surface area contributed by atoms with E-state index in [1.165, 1.54) is 32.1 Å². The summed E-state index contributed by atoms with van der Waals surface area (Å²) in [5.41, 5.74) is 2.91. The van der Waals surface area contributed by atoms with E-state index in [2.05, 4.69) is 4.57 Å². The summed E-state index contributed by atoms with van der Waals surface area (Å²) in [5, 5.41) is 0. The zero-order chi connectivity index (χ0) is 20.0. The highest BCUT2D eigenvalue weighted by Crippen LogP contribution is 2.39. The zero-order valence-corrected chi connectivity index (χ0v) is 17.6. The van der Waals surface area contributed by atoms with Crippen LogP contribution in [0.15, 0.2) is 53.4 Å². The number of aromatic nitrogens is 2. The van der Waals surface area contributed by atoms with Crippen LogP contribution in [0.1, 0.15) is 44.1 Å². The molecule has 1 aliphatic heterocycles. The second-order valence-corrected chi connectivity index (χ2v) is 10.3. The summed E-state index contributed by atoms with van der Waals surface area (Å²) in [6, 6.07) is 15.0. The molecule has 1 fully saturated rings. The lowest BCUT2D eigenvalue weighted by atomic mass is 9.85. The Morgan fingerprint density at radius 2 is 1.72 bits per heavy atom. The van der Waals surface area contributed by atoms with Gasteiger partial charge in [0.1, 0.15) is 0 Å². The van der Waals surface area contributed by atoms with Crippen LogP contribution in [0.4, 0.5) is 5.95 Å². The Labute approximate surface area is 172 Å². The largest absolute Gasteiger partial charge is 0.307 e. The minimum Gasteiger partial charge on any atom is -0.307 e. The average Bonchev–Trinajstić information content (AvgIpc) is 3.24. The number of aryl methyl sites for hydroxylation is 1. The lowest BCUT2D eigenvalue weighted by Gasteiger charge is -2.29. The van der Waals surface area contributed by atoms with E-state index >= 15 is 0 Å². The Bertz CT molecular complexity index is 1130. The third-order valence-corrected chi connectivity index (χ3v) is 8.31. The zero-order valence-electron chi connectivity index (χ0n) is 16.8. The van der Waals surface area contributed by atoms with Crippen LogP contribution in [-0.2, 0) is 16.6 Å². The summed E-state index contributed by atoms with van der Waals surface area (Å²) in [5.74, 6) is 1.16. The minimum absolute atomic E-state index is 0.0727. The summed E-state index contributed by atoms with van der Waals surface area (Å²) >= 11 is 0. The van der Waals surface area contributed by atoms with Gasteiger partial charge < -0.3 is 4.57 Å². The molecule has 3 aromatic rings. The predicted molar refractivity (Wildman–Crippen MR) is 116 cm³/mol. The van der Waals surface area contributed by atoms with Gasteiger partial charge in [0.15, 0.2) is 0 Å². The van der Waals surface area contributed by atoms with Crippen molar-refractivity contribution in [1.82, 2.24) is 9.55 Å². The maximum Gasteiger partial charge on any atom is 0.266 e. The van der Waals surface area contributed by atoms with E-state index < -0.39 is 10.0 Å². The quantitative estimate of drug-likeness (QED) is 0.616. The van der Waals surface area contributed by atoms with Crippen LogP contribution >= 0.6 is 0 Å². The molecule has 152 valence electrons. The molecular formula is C23H27N3O2S. The number of sulfonamides is 1. The van der Waals surface area contributed by atoms with Crippen molar-refractivity contribution >= 4 is 27.0 Å². The average molecular weight is 410 g/mol. The Morgan fingerprint density at radius 3 is 2.48 bits per heavy atom. The first-order valence-electron chi connectivity index (χ1n) is 10.6. The molecule has 2 aromatic carbocycles. The van der Waals surface area contributed by atoms with Crippen LogP contribution in [0.25, 0.3) is 11.0 Å². The highest BCUT2D eigenvalue weighted by molar-refractivity contribution is 7.92. The van der Waals surface area contributed by atoms with E-state index in [4.69, 9.17) is 4.98 Å². The molecule has 0 radical (unpaired) electrons. The highest BCUT2D eigenvalue weighted by Gasteiger charge is 2.41. The van der Waals surface area contributed by atoms with Crippen molar-refractivity contribution in [2.75, 3.05) is 4.31 Å². The van der Waals surface area contributed by atoms with Crippen LogP contribution in [-0.4, -0.2) is 24.0 Å². The fourth-order valence-corrected chi connectivity index (χ4v) is 6.57. The first kappa shape index (κ1) is 18.7. The van der Waals surface area contributed by atoms with Crippen LogP contribution in [0, 0.1) is 12.8 Å². The monoisotopic (exact) mass is 409 g/mol. The van der Waals surface area contributed by atoms with Crippen molar-refractivity contribution in [3.8, 4) is 0 Å². The molecule has 5 rings (SSSR count). The minimum atomic E-state index is -3.67. The number of rotatable bonds is 4. The first-order chi connectivity index (χ1) is 14.0. The number of hydrogen-bond acceptors (Lipinski definition) is 3. The third-order valence-electron chi connectivity index (χ3n) is 6.46. The molecule has 0 spiro atoms. The van der Waals surface area contributed by atoms with Crippen LogP contribution in [0.5, 0.6) is 0 Å². The second-order valence-electron chi connectivity index (χ2n) is 8.52. The van der Waals surface area contributed by atoms with Gasteiger partial charge in [-0.3, -0.25) is 0 Å². The maximum atomic E-state index is 13.7. The molecule has 1 aliphatic carbocycles. The molecule has 29 heavy (non-hydrogen) atoms. The van der Waals surface area contributed by atoms with Gasteiger partial charge in [0, 0.05) is 6.54 Å². The maximum absolute atomic E-state index is 13.7. The lowest BCUT2D eigenvalue weighted by molar-refractivity contribution is 0.316. The Kier molecular flexibility index (Phi) is 4.62. The van der Waals surface area contributed by atoms with Crippen molar-refractivity contribution in [1.29, 1.82) is 0 Å². The van der Waals surface area contributed by atoms with Gasteiger partial charge in [0.05, 0.1) is 22.0 Å². The number of nitrogens with zero attached hydrogens (tertiary/aromatic N) is 3. The fraction of sp³-hybridized carbons (Fsp3) is 0.435. The molecule has 1 unspecified atom stereocenters. The molecule has 1 atom stereocenters. The molecule has 1 aromatic heterocycles. The molecule has 5 nitrogen and oxygen atoms in total. The summed E-state index contributed by atoms with van der Waals surface area (Å²) < 4.78 is 31.1. The van der Waals surface area contributed by atoms with Gasteiger partial charge in [-0.05, 0) is 43.5 Å². The Hall–Kier alpha value is -2.34. The van der Waals surface area contributed by atoms with Gasteiger partial charge in [-0.15, -0.1) is 0 Å². The number of anilines is 1. The van der Waals surface area contributed by atoms with Crippen molar-refractivity contribution in [2.24, 2.45) is 5.92 Å². The van der Waals surface area contributed by atoms with Gasteiger partial charge in [0.25, 0.3) is 10.0 Å². The molecule has 0 saturated heterocycles. The fourth-order valence-electron chi connectivity index (χ4n) is 4.96. The smallest absolute Gasteiger partial charge is 0.266 e. The molecule has 2 heterocycles. The molecule has 6 heteroatoms. The van der Waals surface area contributed by atoms with Gasteiger partial charge in [-0.25, -0.2) is 17.7 Å². The summed E-state index contributed by atoms with van der Waals surface area (Å²) in [6.07, 6.45) is 7.14. The summed E-state index contributed by atoms with van der Waals surface area (Å²) in [4.78, 5) is 5.08. The van der Waals surface area contributed by atoms with E-state index in [-0.39, 0.29) is 6.04 Å². The van der Waals surface area contributed by atoms with Gasteiger partial charge in [0.2, 0.25) is 5.95 Å². The van der Waals surface area contributed by atoms with Crippen molar-refractivity contribution in [3.05, 3.63) is 54.1 Å². The topological polar surface area (TPSA) is 55.2 Å². The molecule has 0 amide bonds. The van der Waals surface area contributed by atoms with Crippen LogP contribution in [0.2, 0.25) is 0 Å². The van der Waals surface area contributed by atoms with E-state index in [1.54, 1.807) is 16.4 Å². The standard InChI is InChI=1S/C23H27N3O2S/c1-17-11-13-20(14-12-17)29(27,28)26-19(15-18-7-3-2-4-8-18)16-25-22-10-6-5-9-21(22)24-23(25)26/h5-6,9-14,18-19H,2-4,7-8,15-16H2,1H3. The first-order valence-corrected chi connectivity index (χ1v) is 12.0. The highest BCUT2D eigenvalue weighted by atomic mass is 32.2. The van der Waals surface area contributed by atoms with Crippen molar-refractivity contribution < 1.29 is 8.42 Å². The summed E-state index contributed by atoms with van der Waals surface area (Å²) in [7, 11) is -3.67. The van der Waals surface area contributed by atoms with E-state index in [9.17, 15) is 8.42 Å². The lowest BCUT2D eigenvalue weighted by Crippen LogP contribution is -2.39. The molecule has 2 aliphatic rings. The van der Waals surface area contributed by atoms with Gasteiger partial charge in [-0.1, -0.05) is 61.9 Å². The van der Waals surface area contributed by atoms with Crippen LogP contribution in [0.3, 0.4) is 0 Å². The number of hydrogen-bond donors (Lipinski definition) is 0.